The van der Waals surface area contributed by atoms with Crippen LogP contribution < -0.4 is 5.73 Å². The molecule has 0 bridgehead atoms. The predicted octanol–water partition coefficient (Wildman–Crippen LogP) is -0.0654. The summed E-state index contributed by atoms with van der Waals surface area (Å²) in [6, 6.07) is 0. The lowest BCUT2D eigenvalue weighted by molar-refractivity contribution is 0.321. The quantitative estimate of drug-likeness (QED) is 0.646. The van der Waals surface area contributed by atoms with Crippen molar-refractivity contribution in [2.45, 2.75) is 12.6 Å². The van der Waals surface area contributed by atoms with Gasteiger partial charge in [-0.1, -0.05) is 6.08 Å². The number of nitrogens with two attached hydrogens (primary N) is 1. The molecule has 0 aromatic carbocycles. The molecule has 0 spiro atoms. The molecule has 1 atom stereocenters. The first kappa shape index (κ1) is 11.2. The smallest absolute Gasteiger partial charge is 0.264 e. The van der Waals surface area contributed by atoms with Gasteiger partial charge >= 0.3 is 0 Å². The Morgan fingerprint density at radius 3 is 2.71 bits per heavy atom. The van der Waals surface area contributed by atoms with E-state index in [-0.39, 0.29) is 11.9 Å². The maximum atomic E-state index is 10.4. The topological polar surface area (TPSA) is 83.6 Å². The van der Waals surface area contributed by atoms with Crippen molar-refractivity contribution in [2.75, 3.05) is 12.3 Å². The van der Waals surface area contributed by atoms with Crippen LogP contribution in [0.3, 0.4) is 0 Å². The van der Waals surface area contributed by atoms with Crippen molar-refractivity contribution in [3.63, 3.8) is 0 Å². The van der Waals surface area contributed by atoms with Crippen LogP contribution >= 0.6 is 0 Å². The molecule has 1 aliphatic heterocycles. The SMILES string of the molecule is NC1C=CC=CN1CCCS(=O)(=O)O. The van der Waals surface area contributed by atoms with Crippen molar-refractivity contribution in [3.8, 4) is 0 Å². The minimum absolute atomic E-state index is 0.207. The van der Waals surface area contributed by atoms with E-state index in [4.69, 9.17) is 10.3 Å². The highest BCUT2D eigenvalue weighted by Gasteiger charge is 2.10. The second-order valence-corrected chi connectivity index (χ2v) is 4.67. The van der Waals surface area contributed by atoms with Crippen LogP contribution in [0, 0.1) is 0 Å². The number of hydrogen-bond donors (Lipinski definition) is 2. The second kappa shape index (κ2) is 4.59. The van der Waals surface area contributed by atoms with Gasteiger partial charge in [-0.3, -0.25) is 4.55 Å². The Labute approximate surface area is 83.6 Å². The third kappa shape index (κ3) is 3.91. The summed E-state index contributed by atoms with van der Waals surface area (Å²) in [5.74, 6) is -0.228. The van der Waals surface area contributed by atoms with E-state index < -0.39 is 10.1 Å². The summed E-state index contributed by atoms with van der Waals surface area (Å²) in [4.78, 5) is 1.81. The van der Waals surface area contributed by atoms with Crippen LogP contribution in [0.5, 0.6) is 0 Å². The van der Waals surface area contributed by atoms with Gasteiger partial charge in [0.25, 0.3) is 10.1 Å². The molecule has 0 saturated carbocycles. The molecule has 0 aliphatic carbocycles. The molecule has 0 saturated heterocycles. The van der Waals surface area contributed by atoms with E-state index in [9.17, 15) is 8.42 Å². The van der Waals surface area contributed by atoms with Gasteiger partial charge in [0.15, 0.2) is 0 Å². The molecule has 3 N–H and O–H groups in total. The summed E-state index contributed by atoms with van der Waals surface area (Å²) >= 11 is 0. The van der Waals surface area contributed by atoms with Crippen LogP contribution in [0.15, 0.2) is 24.4 Å². The van der Waals surface area contributed by atoms with Gasteiger partial charge in [-0.2, -0.15) is 8.42 Å². The van der Waals surface area contributed by atoms with Gasteiger partial charge in [-0.25, -0.2) is 0 Å². The van der Waals surface area contributed by atoms with E-state index >= 15 is 0 Å². The minimum Gasteiger partial charge on any atom is -0.359 e. The summed E-state index contributed by atoms with van der Waals surface area (Å²) in [5.41, 5.74) is 5.70. The third-order valence-corrected chi connectivity index (χ3v) is 2.70. The van der Waals surface area contributed by atoms with E-state index in [1.54, 1.807) is 6.20 Å². The van der Waals surface area contributed by atoms with Crippen molar-refractivity contribution in [1.82, 2.24) is 4.90 Å². The summed E-state index contributed by atoms with van der Waals surface area (Å²) in [6.07, 6.45) is 7.44. The lowest BCUT2D eigenvalue weighted by atomic mass is 10.3. The fraction of sp³-hybridized carbons (Fsp3) is 0.500. The molecule has 0 amide bonds. The van der Waals surface area contributed by atoms with E-state index in [2.05, 4.69) is 0 Å². The third-order valence-electron chi connectivity index (χ3n) is 1.90. The zero-order valence-corrected chi connectivity index (χ0v) is 8.52. The van der Waals surface area contributed by atoms with E-state index in [0.717, 1.165) is 0 Å². The zero-order chi connectivity index (χ0) is 10.6. The van der Waals surface area contributed by atoms with Crippen molar-refractivity contribution in [1.29, 1.82) is 0 Å². The molecule has 1 unspecified atom stereocenters. The van der Waals surface area contributed by atoms with E-state index in [1.165, 1.54) is 0 Å². The molecule has 0 aromatic heterocycles. The summed E-state index contributed by atoms with van der Waals surface area (Å²) < 4.78 is 29.4. The van der Waals surface area contributed by atoms with Crippen molar-refractivity contribution < 1.29 is 13.0 Å². The van der Waals surface area contributed by atoms with Gasteiger partial charge in [-0.05, 0) is 18.6 Å². The number of allylic oxidation sites excluding steroid dienone is 2. The lowest BCUT2D eigenvalue weighted by Gasteiger charge is -2.26. The highest BCUT2D eigenvalue weighted by atomic mass is 32.2. The van der Waals surface area contributed by atoms with Gasteiger partial charge in [0.05, 0.1) is 11.9 Å². The Kier molecular flexibility index (Phi) is 3.68. The molecule has 0 radical (unpaired) electrons. The molecule has 1 heterocycles. The van der Waals surface area contributed by atoms with Gasteiger partial charge in [0.2, 0.25) is 0 Å². The fourth-order valence-corrected chi connectivity index (χ4v) is 1.70. The Hall–Kier alpha value is -0.850. The predicted molar refractivity (Wildman–Crippen MR) is 54.0 cm³/mol. The van der Waals surface area contributed by atoms with Gasteiger partial charge in [0.1, 0.15) is 0 Å². The standard InChI is InChI=1S/C8H14N2O3S/c9-8-4-1-2-5-10(8)6-3-7-14(11,12)13/h1-2,4-5,8H,3,6-7,9H2,(H,11,12,13). The summed E-state index contributed by atoms with van der Waals surface area (Å²) in [5, 5.41) is 0. The molecule has 5 nitrogen and oxygen atoms in total. The molecule has 14 heavy (non-hydrogen) atoms. The maximum Gasteiger partial charge on any atom is 0.264 e. The average molecular weight is 218 g/mol. The molecular weight excluding hydrogens is 204 g/mol. The molecule has 80 valence electrons. The molecule has 1 rings (SSSR count). The van der Waals surface area contributed by atoms with E-state index in [1.807, 2.05) is 23.1 Å². The summed E-state index contributed by atoms with van der Waals surface area (Å²) in [6.45, 7) is 0.516. The number of hydrogen-bond acceptors (Lipinski definition) is 4. The monoisotopic (exact) mass is 218 g/mol. The van der Waals surface area contributed by atoms with Gasteiger partial charge in [0, 0.05) is 12.7 Å². The zero-order valence-electron chi connectivity index (χ0n) is 7.70. The average Bonchev–Trinajstić information content (AvgIpc) is 2.06. The van der Waals surface area contributed by atoms with Crippen LogP contribution in [0.4, 0.5) is 0 Å². The van der Waals surface area contributed by atoms with Crippen LogP contribution in [-0.2, 0) is 10.1 Å². The first-order valence-corrected chi connectivity index (χ1v) is 5.91. The van der Waals surface area contributed by atoms with Crippen LogP contribution in [-0.4, -0.2) is 36.3 Å². The summed E-state index contributed by atoms with van der Waals surface area (Å²) in [7, 11) is -3.85. The highest BCUT2D eigenvalue weighted by molar-refractivity contribution is 7.85. The van der Waals surface area contributed by atoms with Crippen molar-refractivity contribution >= 4 is 10.1 Å². The van der Waals surface area contributed by atoms with E-state index in [0.29, 0.717) is 13.0 Å². The van der Waals surface area contributed by atoms with Crippen molar-refractivity contribution in [2.24, 2.45) is 5.73 Å². The minimum atomic E-state index is -3.85. The largest absolute Gasteiger partial charge is 0.359 e. The molecular formula is C8H14N2O3S. The lowest BCUT2D eigenvalue weighted by Crippen LogP contribution is -2.38. The van der Waals surface area contributed by atoms with Crippen LogP contribution in [0.1, 0.15) is 6.42 Å². The number of rotatable bonds is 4. The molecule has 0 aromatic rings. The fourth-order valence-electron chi connectivity index (χ4n) is 1.20. The van der Waals surface area contributed by atoms with Gasteiger partial charge < -0.3 is 10.6 Å². The Balaban J connectivity index is 2.32. The second-order valence-electron chi connectivity index (χ2n) is 3.09. The van der Waals surface area contributed by atoms with Crippen LogP contribution in [0.2, 0.25) is 0 Å². The first-order chi connectivity index (χ1) is 6.49. The molecule has 1 aliphatic rings. The first-order valence-electron chi connectivity index (χ1n) is 4.30. The van der Waals surface area contributed by atoms with Gasteiger partial charge in [-0.15, -0.1) is 0 Å². The van der Waals surface area contributed by atoms with Crippen molar-refractivity contribution in [3.05, 3.63) is 24.4 Å². The molecule has 6 heteroatoms. The molecule has 0 fully saturated rings. The maximum absolute atomic E-state index is 10.4. The highest BCUT2D eigenvalue weighted by Crippen LogP contribution is 2.04. The Morgan fingerprint density at radius 1 is 1.43 bits per heavy atom. The number of nitrogens with zero attached hydrogens (tertiary/aromatic N) is 1. The normalized spacial score (nSPS) is 21.6. The van der Waals surface area contributed by atoms with Crippen LogP contribution in [0.25, 0.3) is 0 Å². The Morgan fingerprint density at radius 2 is 2.14 bits per heavy atom. The Bertz CT molecular complexity index is 334.